The number of para-hydroxylation sites is 1. The van der Waals surface area contributed by atoms with Crippen LogP contribution in [0.5, 0.6) is 0 Å². The van der Waals surface area contributed by atoms with Gasteiger partial charge in [0, 0.05) is 18.8 Å². The summed E-state index contributed by atoms with van der Waals surface area (Å²) in [5.74, 6) is 0.649. The SMILES string of the molecule is CCNC(=NCc1ccccc1-n1nc(C)cc1C)NCC(O)COC(C)c1ccccc1. The number of aliphatic hydroxyl groups excluding tert-OH is 1. The maximum Gasteiger partial charge on any atom is 0.191 e. The summed E-state index contributed by atoms with van der Waals surface area (Å²) in [6.45, 7) is 9.84. The monoisotopic (exact) mass is 449 g/mol. The number of guanidine groups is 1. The summed E-state index contributed by atoms with van der Waals surface area (Å²) in [5, 5.41) is 21.5. The highest BCUT2D eigenvalue weighted by Crippen LogP contribution is 2.18. The van der Waals surface area contributed by atoms with Crippen molar-refractivity contribution in [1.29, 1.82) is 0 Å². The van der Waals surface area contributed by atoms with Crippen LogP contribution in [-0.2, 0) is 11.3 Å². The molecule has 2 unspecified atom stereocenters. The first-order chi connectivity index (χ1) is 16.0. The number of nitrogens with one attached hydrogen (secondary N) is 2. The molecule has 2 atom stereocenters. The van der Waals surface area contributed by atoms with Gasteiger partial charge in [0.25, 0.3) is 0 Å². The van der Waals surface area contributed by atoms with Crippen molar-refractivity contribution in [2.45, 2.75) is 46.4 Å². The zero-order valence-corrected chi connectivity index (χ0v) is 20.0. The van der Waals surface area contributed by atoms with Crippen LogP contribution in [0.4, 0.5) is 0 Å². The largest absolute Gasteiger partial charge is 0.389 e. The van der Waals surface area contributed by atoms with Crippen molar-refractivity contribution in [2.24, 2.45) is 4.99 Å². The molecule has 0 radical (unpaired) electrons. The minimum absolute atomic E-state index is 0.0753. The molecule has 3 aromatic rings. The van der Waals surface area contributed by atoms with Crippen LogP contribution in [0.1, 0.15) is 42.5 Å². The molecule has 3 rings (SSSR count). The van der Waals surface area contributed by atoms with E-state index in [1.54, 1.807) is 0 Å². The molecule has 1 aromatic heterocycles. The fraction of sp³-hybridized carbons (Fsp3) is 0.385. The number of rotatable bonds is 10. The van der Waals surface area contributed by atoms with Gasteiger partial charge in [0.05, 0.1) is 36.7 Å². The maximum absolute atomic E-state index is 10.4. The Bertz CT molecular complexity index is 1030. The molecule has 0 saturated carbocycles. The van der Waals surface area contributed by atoms with E-state index in [9.17, 15) is 5.11 Å². The third-order valence-electron chi connectivity index (χ3n) is 5.29. The van der Waals surface area contributed by atoms with Gasteiger partial charge in [-0.05, 0) is 51.0 Å². The van der Waals surface area contributed by atoms with Crippen molar-refractivity contribution in [3.8, 4) is 5.69 Å². The van der Waals surface area contributed by atoms with Gasteiger partial charge in [-0.15, -0.1) is 0 Å². The predicted octanol–water partition coefficient (Wildman–Crippen LogP) is 3.68. The fourth-order valence-electron chi connectivity index (χ4n) is 3.58. The Morgan fingerprint density at radius 1 is 1.09 bits per heavy atom. The van der Waals surface area contributed by atoms with Crippen LogP contribution in [0.3, 0.4) is 0 Å². The lowest BCUT2D eigenvalue weighted by molar-refractivity contribution is -0.000599. The van der Waals surface area contributed by atoms with Gasteiger partial charge in [-0.3, -0.25) is 0 Å². The molecule has 33 heavy (non-hydrogen) atoms. The highest BCUT2D eigenvalue weighted by molar-refractivity contribution is 5.79. The minimum Gasteiger partial charge on any atom is -0.389 e. The first-order valence-electron chi connectivity index (χ1n) is 11.5. The van der Waals surface area contributed by atoms with Crippen molar-refractivity contribution in [1.82, 2.24) is 20.4 Å². The molecule has 0 amide bonds. The van der Waals surface area contributed by atoms with E-state index in [4.69, 9.17) is 9.73 Å². The van der Waals surface area contributed by atoms with Gasteiger partial charge in [-0.25, -0.2) is 9.67 Å². The van der Waals surface area contributed by atoms with Crippen molar-refractivity contribution >= 4 is 5.96 Å². The van der Waals surface area contributed by atoms with Crippen molar-refractivity contribution < 1.29 is 9.84 Å². The normalized spacial score (nSPS) is 13.5. The smallest absolute Gasteiger partial charge is 0.191 e. The van der Waals surface area contributed by atoms with Gasteiger partial charge in [0.15, 0.2) is 5.96 Å². The molecule has 7 nitrogen and oxygen atoms in total. The Morgan fingerprint density at radius 2 is 1.82 bits per heavy atom. The van der Waals surface area contributed by atoms with Crippen LogP contribution in [0.15, 0.2) is 65.7 Å². The van der Waals surface area contributed by atoms with Crippen LogP contribution in [0.25, 0.3) is 5.69 Å². The van der Waals surface area contributed by atoms with Gasteiger partial charge < -0.3 is 20.5 Å². The molecule has 0 spiro atoms. The number of nitrogens with zero attached hydrogens (tertiary/aromatic N) is 3. The quantitative estimate of drug-likeness (QED) is 0.325. The van der Waals surface area contributed by atoms with Crippen molar-refractivity contribution in [3.05, 3.63) is 83.2 Å². The van der Waals surface area contributed by atoms with Gasteiger partial charge in [-0.2, -0.15) is 5.10 Å². The summed E-state index contributed by atoms with van der Waals surface area (Å²) in [6.07, 6.45) is -0.726. The maximum atomic E-state index is 10.4. The Balaban J connectivity index is 1.58. The second-order valence-corrected chi connectivity index (χ2v) is 8.08. The second kappa shape index (κ2) is 12.2. The van der Waals surface area contributed by atoms with E-state index >= 15 is 0 Å². The standard InChI is InChI=1S/C26H35N5O2/c1-5-27-26(29-17-24(32)18-33-21(4)22-11-7-6-8-12-22)28-16-23-13-9-10-14-25(23)31-20(3)15-19(2)30-31/h6-15,21,24,32H,5,16-18H2,1-4H3,(H2,27,28,29). The Hall–Kier alpha value is -3.16. The van der Waals surface area contributed by atoms with E-state index in [1.807, 2.05) is 74.8 Å². The third-order valence-corrected chi connectivity index (χ3v) is 5.29. The van der Waals surface area contributed by atoms with Crippen LogP contribution < -0.4 is 10.6 Å². The number of hydrogen-bond donors (Lipinski definition) is 3. The minimum atomic E-state index is -0.651. The van der Waals surface area contributed by atoms with E-state index < -0.39 is 6.10 Å². The molecule has 0 bridgehead atoms. The van der Waals surface area contributed by atoms with Gasteiger partial charge in [-0.1, -0.05) is 48.5 Å². The summed E-state index contributed by atoms with van der Waals surface area (Å²) < 4.78 is 7.78. The summed E-state index contributed by atoms with van der Waals surface area (Å²) in [7, 11) is 0. The zero-order chi connectivity index (χ0) is 23.6. The van der Waals surface area contributed by atoms with Crippen LogP contribution in [0, 0.1) is 13.8 Å². The molecular formula is C26H35N5O2. The van der Waals surface area contributed by atoms with Crippen LogP contribution in [0.2, 0.25) is 0 Å². The lowest BCUT2D eigenvalue weighted by Gasteiger charge is -2.18. The highest BCUT2D eigenvalue weighted by Gasteiger charge is 2.12. The summed E-state index contributed by atoms with van der Waals surface area (Å²) >= 11 is 0. The summed E-state index contributed by atoms with van der Waals surface area (Å²) in [5.41, 5.74) is 5.25. The molecule has 3 N–H and O–H groups in total. The van der Waals surface area contributed by atoms with E-state index in [1.165, 1.54) is 0 Å². The molecule has 0 aliphatic carbocycles. The van der Waals surface area contributed by atoms with Gasteiger partial charge in [0.1, 0.15) is 0 Å². The molecule has 7 heteroatoms. The van der Waals surface area contributed by atoms with Gasteiger partial charge >= 0.3 is 0 Å². The molecule has 0 aliphatic rings. The number of benzene rings is 2. The molecule has 2 aromatic carbocycles. The number of aliphatic hydroxyl groups is 1. The topological polar surface area (TPSA) is 83.7 Å². The highest BCUT2D eigenvalue weighted by atomic mass is 16.5. The van der Waals surface area contributed by atoms with E-state index in [2.05, 4.69) is 33.9 Å². The first kappa shape index (κ1) is 24.5. The van der Waals surface area contributed by atoms with Gasteiger partial charge in [0.2, 0.25) is 0 Å². The number of aryl methyl sites for hydroxylation is 2. The molecular weight excluding hydrogens is 414 g/mol. The average molecular weight is 450 g/mol. The number of aliphatic imine (C=N–C) groups is 1. The molecule has 0 fully saturated rings. The zero-order valence-electron chi connectivity index (χ0n) is 20.0. The lowest BCUT2D eigenvalue weighted by atomic mass is 10.1. The molecule has 0 aliphatic heterocycles. The number of aromatic nitrogens is 2. The third kappa shape index (κ3) is 7.17. The van der Waals surface area contributed by atoms with E-state index in [-0.39, 0.29) is 12.7 Å². The summed E-state index contributed by atoms with van der Waals surface area (Å²) in [4.78, 5) is 4.72. The number of ether oxygens (including phenoxy) is 1. The number of hydrogen-bond acceptors (Lipinski definition) is 4. The first-order valence-corrected chi connectivity index (χ1v) is 11.5. The summed E-state index contributed by atoms with van der Waals surface area (Å²) in [6, 6.07) is 20.2. The Labute approximate surface area is 196 Å². The van der Waals surface area contributed by atoms with Crippen LogP contribution in [-0.4, -0.2) is 46.6 Å². The van der Waals surface area contributed by atoms with E-state index in [0.717, 1.165) is 34.7 Å². The molecule has 1 heterocycles. The average Bonchev–Trinajstić information content (AvgIpc) is 3.17. The lowest BCUT2D eigenvalue weighted by Crippen LogP contribution is -2.42. The second-order valence-electron chi connectivity index (χ2n) is 8.08. The molecule has 0 saturated heterocycles. The van der Waals surface area contributed by atoms with E-state index in [0.29, 0.717) is 19.0 Å². The Kier molecular flexibility index (Phi) is 9.04. The van der Waals surface area contributed by atoms with Crippen LogP contribution >= 0.6 is 0 Å². The molecule has 176 valence electrons. The predicted molar refractivity (Wildman–Crippen MR) is 133 cm³/mol. The fourth-order valence-corrected chi connectivity index (χ4v) is 3.58. The van der Waals surface area contributed by atoms with Crippen molar-refractivity contribution in [2.75, 3.05) is 19.7 Å². The van der Waals surface area contributed by atoms with Crippen molar-refractivity contribution in [3.63, 3.8) is 0 Å². The Morgan fingerprint density at radius 3 is 2.52 bits per heavy atom.